The Kier molecular flexibility index (Phi) is 6.71. The SMILES string of the molecule is CC[C@@H](C)OC(=O)C1=C(C)NC2=C(C(=O)C[C@H](c3ccc(Cl)cc3)C2)[C@@H]1c1ccccc1F. The molecule has 2 aromatic rings. The van der Waals surface area contributed by atoms with Crippen LogP contribution in [0.3, 0.4) is 0 Å². The Hall–Kier alpha value is -2.92. The number of ether oxygens (including phenoxy) is 1. The molecule has 0 bridgehead atoms. The topological polar surface area (TPSA) is 55.4 Å². The van der Waals surface area contributed by atoms with Crippen LogP contribution in [0.15, 0.2) is 71.1 Å². The van der Waals surface area contributed by atoms with E-state index >= 15 is 0 Å². The second-order valence-corrected chi connectivity index (χ2v) is 9.15. The number of rotatable bonds is 5. The average molecular weight is 468 g/mol. The maximum atomic E-state index is 15.0. The minimum atomic E-state index is -0.808. The van der Waals surface area contributed by atoms with E-state index < -0.39 is 17.7 Å². The van der Waals surface area contributed by atoms with E-state index in [1.807, 2.05) is 38.1 Å². The molecule has 4 rings (SSSR count). The van der Waals surface area contributed by atoms with E-state index in [1.54, 1.807) is 25.1 Å². The Labute approximate surface area is 198 Å². The molecule has 0 spiro atoms. The van der Waals surface area contributed by atoms with E-state index in [2.05, 4.69) is 5.32 Å². The number of ketones is 1. The Morgan fingerprint density at radius 2 is 1.88 bits per heavy atom. The van der Waals surface area contributed by atoms with Gasteiger partial charge in [-0.3, -0.25) is 4.79 Å². The molecular weight excluding hydrogens is 441 g/mol. The maximum Gasteiger partial charge on any atom is 0.337 e. The van der Waals surface area contributed by atoms with Crippen molar-refractivity contribution in [2.45, 2.75) is 58.0 Å². The molecule has 0 radical (unpaired) electrons. The van der Waals surface area contributed by atoms with Crippen molar-refractivity contribution < 1.29 is 18.7 Å². The van der Waals surface area contributed by atoms with Gasteiger partial charge in [0.2, 0.25) is 0 Å². The summed E-state index contributed by atoms with van der Waals surface area (Å²) in [6.07, 6.45) is 1.23. The molecule has 172 valence electrons. The number of allylic oxidation sites excluding steroid dienone is 3. The number of carbonyl (C=O) groups excluding carboxylic acids is 2. The van der Waals surface area contributed by atoms with Crippen LogP contribution < -0.4 is 5.32 Å². The van der Waals surface area contributed by atoms with Crippen molar-refractivity contribution in [1.82, 2.24) is 5.32 Å². The van der Waals surface area contributed by atoms with Crippen molar-refractivity contribution in [1.29, 1.82) is 0 Å². The Balaban J connectivity index is 1.79. The standard InChI is InChI=1S/C27H27ClFNO3/c1-4-15(2)33-27(32)24-16(3)30-22-13-18(17-9-11-19(28)12-10-17)14-23(31)26(22)25(24)20-7-5-6-8-21(20)29/h5-12,15,18,25,30H,4,13-14H2,1-3H3/t15-,18-,25-/m1/s1. The number of benzene rings is 2. The second-order valence-electron chi connectivity index (χ2n) is 8.71. The van der Waals surface area contributed by atoms with Gasteiger partial charge in [-0.2, -0.15) is 0 Å². The molecule has 0 unspecified atom stereocenters. The minimum Gasteiger partial charge on any atom is -0.459 e. The molecule has 0 amide bonds. The predicted molar refractivity (Wildman–Crippen MR) is 126 cm³/mol. The smallest absolute Gasteiger partial charge is 0.337 e. The molecule has 0 fully saturated rings. The summed E-state index contributed by atoms with van der Waals surface area (Å²) < 4.78 is 20.6. The summed E-state index contributed by atoms with van der Waals surface area (Å²) in [7, 11) is 0. The fourth-order valence-corrected chi connectivity index (χ4v) is 4.76. The molecule has 4 nitrogen and oxygen atoms in total. The fourth-order valence-electron chi connectivity index (χ4n) is 4.63. The van der Waals surface area contributed by atoms with Gasteiger partial charge in [0.15, 0.2) is 5.78 Å². The van der Waals surface area contributed by atoms with E-state index in [0.717, 1.165) is 11.3 Å². The lowest BCUT2D eigenvalue weighted by atomic mass is 9.71. The van der Waals surface area contributed by atoms with E-state index in [-0.39, 0.29) is 29.8 Å². The van der Waals surface area contributed by atoms with Gasteiger partial charge in [-0.15, -0.1) is 0 Å². The number of carbonyl (C=O) groups is 2. The van der Waals surface area contributed by atoms with Gasteiger partial charge >= 0.3 is 5.97 Å². The molecular formula is C27H27ClFNO3. The summed E-state index contributed by atoms with van der Waals surface area (Å²) in [5, 5.41) is 3.93. The van der Waals surface area contributed by atoms with Crippen LogP contribution in [0.4, 0.5) is 4.39 Å². The van der Waals surface area contributed by atoms with Crippen LogP contribution in [0.25, 0.3) is 0 Å². The zero-order valence-corrected chi connectivity index (χ0v) is 19.7. The molecule has 0 aromatic heterocycles. The van der Waals surface area contributed by atoms with E-state index in [0.29, 0.717) is 34.7 Å². The number of nitrogens with one attached hydrogen (secondary N) is 1. The molecule has 1 N–H and O–H groups in total. The van der Waals surface area contributed by atoms with Gasteiger partial charge in [-0.1, -0.05) is 48.9 Å². The molecule has 33 heavy (non-hydrogen) atoms. The van der Waals surface area contributed by atoms with Crippen LogP contribution >= 0.6 is 11.6 Å². The molecule has 1 heterocycles. The number of hydrogen-bond acceptors (Lipinski definition) is 4. The lowest BCUT2D eigenvalue weighted by Crippen LogP contribution is -2.36. The second kappa shape index (κ2) is 9.52. The van der Waals surface area contributed by atoms with Crippen LogP contribution in [-0.4, -0.2) is 17.9 Å². The summed E-state index contributed by atoms with van der Waals surface area (Å²) in [5.74, 6) is -1.91. The van der Waals surface area contributed by atoms with Gasteiger partial charge in [0, 0.05) is 34.0 Å². The molecule has 2 aromatic carbocycles. The van der Waals surface area contributed by atoms with Crippen molar-refractivity contribution in [3.63, 3.8) is 0 Å². The highest BCUT2D eigenvalue weighted by molar-refractivity contribution is 6.30. The van der Waals surface area contributed by atoms with E-state index in [9.17, 15) is 14.0 Å². The fraction of sp³-hybridized carbons (Fsp3) is 0.333. The van der Waals surface area contributed by atoms with Crippen molar-refractivity contribution in [3.05, 3.63) is 93.0 Å². The normalized spacial score (nSPS) is 21.4. The van der Waals surface area contributed by atoms with Gasteiger partial charge in [-0.25, -0.2) is 9.18 Å². The van der Waals surface area contributed by atoms with Gasteiger partial charge in [0.1, 0.15) is 5.82 Å². The summed E-state index contributed by atoms with van der Waals surface area (Å²) in [4.78, 5) is 26.7. The number of Topliss-reactive ketones (excluding diaryl/α,β-unsaturated/α-hetero) is 1. The third-order valence-corrected chi connectivity index (χ3v) is 6.74. The zero-order valence-electron chi connectivity index (χ0n) is 19.0. The highest BCUT2D eigenvalue weighted by Gasteiger charge is 2.42. The summed E-state index contributed by atoms with van der Waals surface area (Å²) in [6, 6.07) is 13.8. The summed E-state index contributed by atoms with van der Waals surface area (Å²) >= 11 is 6.03. The molecule has 3 atom stereocenters. The Morgan fingerprint density at radius 3 is 2.55 bits per heavy atom. The van der Waals surface area contributed by atoms with Crippen molar-refractivity contribution >= 4 is 23.4 Å². The van der Waals surface area contributed by atoms with Gasteiger partial charge in [-0.05, 0) is 56.4 Å². The van der Waals surface area contributed by atoms with Crippen molar-refractivity contribution in [3.8, 4) is 0 Å². The van der Waals surface area contributed by atoms with Gasteiger partial charge in [0.05, 0.1) is 17.6 Å². The van der Waals surface area contributed by atoms with Crippen LogP contribution in [-0.2, 0) is 14.3 Å². The molecule has 0 saturated carbocycles. The number of halogens is 2. The summed E-state index contributed by atoms with van der Waals surface area (Å²) in [6.45, 7) is 5.52. The lowest BCUT2D eigenvalue weighted by molar-refractivity contribution is -0.144. The van der Waals surface area contributed by atoms with Crippen LogP contribution in [0, 0.1) is 5.82 Å². The largest absolute Gasteiger partial charge is 0.459 e. The first-order valence-corrected chi connectivity index (χ1v) is 11.6. The van der Waals surface area contributed by atoms with E-state index in [1.165, 1.54) is 6.07 Å². The maximum absolute atomic E-state index is 15.0. The number of esters is 1. The van der Waals surface area contributed by atoms with Crippen LogP contribution in [0.1, 0.15) is 63.0 Å². The van der Waals surface area contributed by atoms with Crippen molar-refractivity contribution in [2.24, 2.45) is 0 Å². The summed E-state index contributed by atoms with van der Waals surface area (Å²) in [5.41, 5.74) is 3.38. The number of hydrogen-bond donors (Lipinski definition) is 1. The Bertz CT molecular complexity index is 1150. The first-order valence-electron chi connectivity index (χ1n) is 11.2. The molecule has 6 heteroatoms. The third kappa shape index (κ3) is 4.60. The first kappa shape index (κ1) is 23.2. The lowest BCUT2D eigenvalue weighted by Gasteiger charge is -2.37. The zero-order chi connectivity index (χ0) is 23.7. The monoisotopic (exact) mass is 467 g/mol. The highest BCUT2D eigenvalue weighted by Crippen LogP contribution is 2.46. The van der Waals surface area contributed by atoms with Crippen LogP contribution in [0.2, 0.25) is 5.02 Å². The highest BCUT2D eigenvalue weighted by atomic mass is 35.5. The Morgan fingerprint density at radius 1 is 1.18 bits per heavy atom. The molecule has 0 saturated heterocycles. The predicted octanol–water partition coefficient (Wildman–Crippen LogP) is 6.18. The molecule has 1 aliphatic carbocycles. The first-order chi connectivity index (χ1) is 15.8. The van der Waals surface area contributed by atoms with Gasteiger partial charge in [0.25, 0.3) is 0 Å². The van der Waals surface area contributed by atoms with E-state index in [4.69, 9.17) is 16.3 Å². The minimum absolute atomic E-state index is 0.0243. The third-order valence-electron chi connectivity index (χ3n) is 6.49. The quantitative estimate of drug-likeness (QED) is 0.533. The van der Waals surface area contributed by atoms with Gasteiger partial charge < -0.3 is 10.1 Å². The van der Waals surface area contributed by atoms with Crippen molar-refractivity contribution in [2.75, 3.05) is 0 Å². The molecule has 2 aliphatic rings. The number of dihydropyridines is 1. The average Bonchev–Trinajstić information content (AvgIpc) is 2.78. The van der Waals surface area contributed by atoms with Crippen LogP contribution in [0.5, 0.6) is 0 Å². The molecule has 1 aliphatic heterocycles.